The van der Waals surface area contributed by atoms with Crippen molar-refractivity contribution in [2.75, 3.05) is 18.5 Å². The first kappa shape index (κ1) is 27.1. The molecule has 0 saturated heterocycles. The molecular formula is C28H25ClN2O6. The molecule has 8 nitrogen and oxygen atoms in total. The summed E-state index contributed by atoms with van der Waals surface area (Å²) in [6.45, 7) is 4.67. The molecule has 0 spiro atoms. The number of carbonyl (C=O) groups excluding carboxylic acids is 1. The summed E-state index contributed by atoms with van der Waals surface area (Å²) < 4.78 is 16.9. The fraction of sp³-hybridized carbons (Fsp3) is 0.179. The quantitative estimate of drug-likeness (QED) is 0.236. The minimum Gasteiger partial charge on any atom is -0.494 e. The van der Waals surface area contributed by atoms with Gasteiger partial charge in [0.2, 0.25) is 0 Å². The Morgan fingerprint density at radius 1 is 1.00 bits per heavy atom. The molecule has 3 rings (SSSR count). The maximum Gasteiger partial charge on any atom is 0.335 e. The van der Waals surface area contributed by atoms with Crippen LogP contribution in [0, 0.1) is 11.3 Å². The van der Waals surface area contributed by atoms with Crippen molar-refractivity contribution in [3.05, 3.63) is 87.9 Å². The van der Waals surface area contributed by atoms with E-state index in [0.29, 0.717) is 41.7 Å². The molecule has 2 N–H and O–H groups in total. The number of aromatic carboxylic acids is 1. The van der Waals surface area contributed by atoms with Gasteiger partial charge in [-0.2, -0.15) is 5.26 Å². The van der Waals surface area contributed by atoms with Crippen molar-refractivity contribution in [3.63, 3.8) is 0 Å². The smallest absolute Gasteiger partial charge is 0.335 e. The molecular weight excluding hydrogens is 496 g/mol. The molecule has 0 aliphatic carbocycles. The zero-order chi connectivity index (χ0) is 26.8. The Morgan fingerprint density at radius 2 is 1.68 bits per heavy atom. The van der Waals surface area contributed by atoms with E-state index in [-0.39, 0.29) is 22.8 Å². The lowest BCUT2D eigenvalue weighted by molar-refractivity contribution is -0.112. The predicted octanol–water partition coefficient (Wildman–Crippen LogP) is 5.96. The normalized spacial score (nSPS) is 10.8. The summed E-state index contributed by atoms with van der Waals surface area (Å²) in [4.78, 5) is 23.7. The van der Waals surface area contributed by atoms with Gasteiger partial charge >= 0.3 is 5.97 Å². The molecule has 0 aliphatic rings. The van der Waals surface area contributed by atoms with Gasteiger partial charge in [-0.1, -0.05) is 23.7 Å². The molecule has 0 atom stereocenters. The minimum atomic E-state index is -1.01. The summed E-state index contributed by atoms with van der Waals surface area (Å²) in [5.74, 6) is -0.282. The number of carbonyl (C=O) groups is 2. The molecule has 0 aliphatic heterocycles. The topological polar surface area (TPSA) is 118 Å². The lowest BCUT2D eigenvalue weighted by Gasteiger charge is -2.15. The largest absolute Gasteiger partial charge is 0.494 e. The molecule has 3 aromatic rings. The number of halogens is 1. The van der Waals surface area contributed by atoms with Crippen LogP contribution in [-0.4, -0.2) is 30.2 Å². The van der Waals surface area contributed by atoms with Gasteiger partial charge in [0.25, 0.3) is 5.91 Å². The van der Waals surface area contributed by atoms with Crippen molar-refractivity contribution in [2.45, 2.75) is 20.5 Å². The van der Waals surface area contributed by atoms with Crippen LogP contribution in [0.4, 0.5) is 5.69 Å². The molecule has 0 radical (unpaired) electrons. The standard InChI is InChI=1S/C28H25ClN2O6/c1-3-35-23-11-9-22(10-12-23)31-27(32)21(16-30)13-19-14-24(29)26(25(15-19)36-4-2)37-17-18-5-7-20(8-6-18)28(33)34/h5-15H,3-4,17H2,1-2H3,(H,31,32)(H,33,34)/b21-13+. The SMILES string of the molecule is CCOc1ccc(NC(=O)/C(C#N)=C/c2cc(Cl)c(OCc3ccc(C(=O)O)cc3)c(OCC)c2)cc1. The number of carboxylic acids is 1. The van der Waals surface area contributed by atoms with Gasteiger partial charge in [0, 0.05) is 5.69 Å². The van der Waals surface area contributed by atoms with Gasteiger partial charge in [-0.05, 0) is 79.6 Å². The number of rotatable bonds is 11. The number of carboxylic acid groups (broad SMARTS) is 1. The first-order valence-corrected chi connectivity index (χ1v) is 11.8. The summed E-state index contributed by atoms with van der Waals surface area (Å²) in [5.41, 5.74) is 1.78. The lowest BCUT2D eigenvalue weighted by atomic mass is 10.1. The highest BCUT2D eigenvalue weighted by molar-refractivity contribution is 6.32. The Bertz CT molecular complexity index is 1330. The summed E-state index contributed by atoms with van der Waals surface area (Å²) in [6.07, 6.45) is 1.41. The zero-order valence-corrected chi connectivity index (χ0v) is 21.0. The molecule has 0 heterocycles. The van der Waals surface area contributed by atoms with Crippen molar-refractivity contribution in [1.29, 1.82) is 5.26 Å². The number of ether oxygens (including phenoxy) is 3. The number of benzene rings is 3. The number of amides is 1. The van der Waals surface area contributed by atoms with E-state index < -0.39 is 11.9 Å². The van der Waals surface area contributed by atoms with Gasteiger partial charge in [0.1, 0.15) is 24.0 Å². The van der Waals surface area contributed by atoms with Crippen LogP contribution in [0.15, 0.2) is 66.2 Å². The van der Waals surface area contributed by atoms with Crippen LogP contribution in [0.25, 0.3) is 6.08 Å². The average molecular weight is 521 g/mol. The Balaban J connectivity index is 1.78. The van der Waals surface area contributed by atoms with Gasteiger partial charge in [-0.15, -0.1) is 0 Å². The van der Waals surface area contributed by atoms with E-state index >= 15 is 0 Å². The van der Waals surface area contributed by atoms with Crippen LogP contribution in [-0.2, 0) is 11.4 Å². The van der Waals surface area contributed by atoms with Gasteiger partial charge in [-0.3, -0.25) is 4.79 Å². The van der Waals surface area contributed by atoms with Gasteiger partial charge in [-0.25, -0.2) is 4.79 Å². The maximum atomic E-state index is 12.7. The molecule has 37 heavy (non-hydrogen) atoms. The van der Waals surface area contributed by atoms with E-state index in [1.54, 1.807) is 55.5 Å². The third kappa shape index (κ3) is 7.50. The Kier molecular flexibility index (Phi) is 9.53. The molecule has 190 valence electrons. The van der Waals surface area contributed by atoms with E-state index in [1.807, 2.05) is 13.0 Å². The number of nitriles is 1. The van der Waals surface area contributed by atoms with Crippen LogP contribution in [0.3, 0.4) is 0 Å². The summed E-state index contributed by atoms with van der Waals surface area (Å²) >= 11 is 6.47. The van der Waals surface area contributed by atoms with Crippen LogP contribution in [0.1, 0.15) is 35.3 Å². The maximum absolute atomic E-state index is 12.7. The first-order valence-electron chi connectivity index (χ1n) is 11.4. The van der Waals surface area contributed by atoms with Crippen molar-refractivity contribution >= 4 is 35.2 Å². The number of hydrogen-bond acceptors (Lipinski definition) is 6. The molecule has 9 heteroatoms. The van der Waals surface area contributed by atoms with E-state index in [2.05, 4.69) is 5.32 Å². The molecule has 0 bridgehead atoms. The summed E-state index contributed by atoms with van der Waals surface area (Å²) in [5, 5.41) is 21.5. The van der Waals surface area contributed by atoms with Crippen molar-refractivity contribution < 1.29 is 28.9 Å². The number of anilines is 1. The van der Waals surface area contributed by atoms with E-state index in [1.165, 1.54) is 18.2 Å². The van der Waals surface area contributed by atoms with E-state index in [0.717, 1.165) is 5.56 Å². The summed E-state index contributed by atoms with van der Waals surface area (Å²) in [6, 6.07) is 18.2. The van der Waals surface area contributed by atoms with E-state index in [4.69, 9.17) is 30.9 Å². The second kappa shape index (κ2) is 13.0. The summed E-state index contributed by atoms with van der Waals surface area (Å²) in [7, 11) is 0. The number of nitrogens with zero attached hydrogens (tertiary/aromatic N) is 1. The highest BCUT2D eigenvalue weighted by Gasteiger charge is 2.15. The van der Waals surface area contributed by atoms with Gasteiger partial charge in [0.15, 0.2) is 11.5 Å². The second-order valence-corrected chi connectivity index (χ2v) is 8.04. The molecule has 0 aromatic heterocycles. The Hall–Kier alpha value is -4.48. The van der Waals surface area contributed by atoms with Gasteiger partial charge in [0.05, 0.1) is 23.8 Å². The number of hydrogen-bond donors (Lipinski definition) is 2. The predicted molar refractivity (Wildman–Crippen MR) is 140 cm³/mol. The highest BCUT2D eigenvalue weighted by atomic mass is 35.5. The van der Waals surface area contributed by atoms with Crippen LogP contribution in [0.2, 0.25) is 5.02 Å². The minimum absolute atomic E-state index is 0.125. The van der Waals surface area contributed by atoms with Crippen molar-refractivity contribution in [2.24, 2.45) is 0 Å². The third-order valence-corrected chi connectivity index (χ3v) is 5.30. The molecule has 0 unspecified atom stereocenters. The monoisotopic (exact) mass is 520 g/mol. The second-order valence-electron chi connectivity index (χ2n) is 7.64. The van der Waals surface area contributed by atoms with Crippen LogP contribution >= 0.6 is 11.6 Å². The number of nitrogens with one attached hydrogen (secondary N) is 1. The lowest BCUT2D eigenvalue weighted by Crippen LogP contribution is -2.13. The highest BCUT2D eigenvalue weighted by Crippen LogP contribution is 2.38. The zero-order valence-electron chi connectivity index (χ0n) is 20.3. The van der Waals surface area contributed by atoms with Crippen LogP contribution in [0.5, 0.6) is 17.2 Å². The molecule has 0 saturated carbocycles. The Morgan fingerprint density at radius 3 is 2.27 bits per heavy atom. The fourth-order valence-corrected chi connectivity index (χ4v) is 3.56. The van der Waals surface area contributed by atoms with Gasteiger partial charge < -0.3 is 24.6 Å². The van der Waals surface area contributed by atoms with Crippen LogP contribution < -0.4 is 19.5 Å². The van der Waals surface area contributed by atoms with Crippen molar-refractivity contribution in [1.82, 2.24) is 0 Å². The molecule has 1 amide bonds. The van der Waals surface area contributed by atoms with E-state index in [9.17, 15) is 14.9 Å². The Labute approximate surface area is 219 Å². The molecule has 0 fully saturated rings. The third-order valence-electron chi connectivity index (χ3n) is 5.02. The fourth-order valence-electron chi connectivity index (χ4n) is 3.29. The first-order chi connectivity index (χ1) is 17.8. The van der Waals surface area contributed by atoms with Crippen molar-refractivity contribution in [3.8, 4) is 23.3 Å². The average Bonchev–Trinajstić information content (AvgIpc) is 2.88. The molecule has 3 aromatic carbocycles.